The minimum atomic E-state index is 0.0367. The van der Waals surface area contributed by atoms with Crippen molar-refractivity contribution in [2.24, 2.45) is 5.41 Å². The van der Waals surface area contributed by atoms with Gasteiger partial charge in [-0.3, -0.25) is 0 Å². The number of hydrogen-bond donors (Lipinski definition) is 0. The first kappa shape index (κ1) is 10.3. The largest absolute Gasteiger partial charge is 0.0622 e. The Morgan fingerprint density at radius 1 is 1.12 bits per heavy atom. The fraction of sp³-hybridized carbons (Fsp3) is 0.333. The molecule has 0 nitrogen and oxygen atoms in total. The topological polar surface area (TPSA) is 0 Å². The molecule has 1 aromatic carbocycles. The smallest absolute Gasteiger partial charge is 0.0188 e. The zero-order chi connectivity index (χ0) is 11.3. The summed E-state index contributed by atoms with van der Waals surface area (Å²) in [7, 11) is 0.0367. The van der Waals surface area contributed by atoms with Gasteiger partial charge in [-0.25, -0.2) is 0 Å². The second kappa shape index (κ2) is 3.31. The normalized spacial score (nSPS) is 32.2. The van der Waals surface area contributed by atoms with E-state index >= 15 is 0 Å². The molecule has 2 bridgehead atoms. The maximum Gasteiger partial charge on any atom is 0.0188 e. The summed E-state index contributed by atoms with van der Waals surface area (Å²) < 4.78 is 0. The van der Waals surface area contributed by atoms with Crippen LogP contribution in [-0.2, 0) is 0 Å². The number of fused-ring (bicyclic) bond motifs is 2. The van der Waals surface area contributed by atoms with Crippen LogP contribution in [0.15, 0.2) is 47.0 Å². The van der Waals surface area contributed by atoms with Gasteiger partial charge in [0, 0.05) is 5.41 Å². The summed E-state index contributed by atoms with van der Waals surface area (Å²) in [6.45, 7) is 7.06. The van der Waals surface area contributed by atoms with E-state index in [-0.39, 0.29) is 7.92 Å². The maximum atomic E-state index is 2.52. The molecule has 1 aromatic rings. The number of rotatable bonds is 1. The van der Waals surface area contributed by atoms with E-state index in [0.717, 1.165) is 0 Å². The first-order valence-corrected chi connectivity index (χ1v) is 7.45. The summed E-state index contributed by atoms with van der Waals surface area (Å²) >= 11 is 0. The third-order valence-corrected chi connectivity index (χ3v) is 6.87. The van der Waals surface area contributed by atoms with Crippen molar-refractivity contribution in [3.8, 4) is 0 Å². The van der Waals surface area contributed by atoms with Gasteiger partial charge in [0.15, 0.2) is 0 Å². The predicted molar refractivity (Wildman–Crippen MR) is 72.7 cm³/mol. The van der Waals surface area contributed by atoms with Crippen LogP contribution in [0.4, 0.5) is 0 Å². The molecule has 3 rings (SSSR count). The van der Waals surface area contributed by atoms with Gasteiger partial charge >= 0.3 is 0 Å². The first-order chi connectivity index (χ1) is 7.63. The fourth-order valence-corrected chi connectivity index (χ4v) is 6.08. The Kier molecular flexibility index (Phi) is 2.13. The highest BCUT2D eigenvalue weighted by atomic mass is 31.1. The minimum absolute atomic E-state index is 0.0367. The molecule has 16 heavy (non-hydrogen) atoms. The molecule has 2 aliphatic heterocycles. The Labute approximate surface area is 98.8 Å². The van der Waals surface area contributed by atoms with Crippen molar-refractivity contribution < 1.29 is 0 Å². The fourth-order valence-electron chi connectivity index (χ4n) is 3.05. The third kappa shape index (κ3) is 1.20. The van der Waals surface area contributed by atoms with Crippen LogP contribution in [0.2, 0.25) is 0 Å². The van der Waals surface area contributed by atoms with Gasteiger partial charge in [-0.2, -0.15) is 0 Å². The molecule has 82 valence electrons. The highest BCUT2D eigenvalue weighted by Gasteiger charge is 2.46. The van der Waals surface area contributed by atoms with E-state index in [4.69, 9.17) is 0 Å². The van der Waals surface area contributed by atoms with Crippen LogP contribution in [0.25, 0.3) is 5.57 Å². The molecule has 0 N–H and O–H groups in total. The van der Waals surface area contributed by atoms with E-state index in [2.05, 4.69) is 56.9 Å². The zero-order valence-electron chi connectivity index (χ0n) is 10.1. The van der Waals surface area contributed by atoms with Crippen LogP contribution in [0.3, 0.4) is 0 Å². The quantitative estimate of drug-likeness (QED) is 0.603. The van der Waals surface area contributed by atoms with E-state index in [1.807, 2.05) is 0 Å². The average molecular weight is 228 g/mol. The minimum Gasteiger partial charge on any atom is -0.0622 e. The molecule has 0 spiro atoms. The lowest BCUT2D eigenvalue weighted by molar-refractivity contribution is 0.629. The molecular formula is C15H17P. The van der Waals surface area contributed by atoms with Gasteiger partial charge in [-0.15, -0.1) is 0 Å². The van der Waals surface area contributed by atoms with Gasteiger partial charge in [0.05, 0.1) is 0 Å². The van der Waals surface area contributed by atoms with Crippen molar-refractivity contribution in [1.82, 2.24) is 0 Å². The summed E-state index contributed by atoms with van der Waals surface area (Å²) in [6, 6.07) is 10.9. The zero-order valence-corrected chi connectivity index (χ0v) is 11.0. The van der Waals surface area contributed by atoms with E-state index in [1.54, 1.807) is 16.5 Å². The Balaban J connectivity index is 2.16. The summed E-state index contributed by atoms with van der Waals surface area (Å²) in [6.07, 6.45) is 1.35. The molecule has 0 radical (unpaired) electrons. The second-order valence-electron chi connectivity index (χ2n) is 5.10. The van der Waals surface area contributed by atoms with Crippen LogP contribution in [0.5, 0.6) is 0 Å². The standard InChI is InChI=1S/C15H17P/c1-11-9-16-10-15(11,3)14(12(16)2)13-7-5-4-6-8-13/h4-9H,10H2,1-3H3. The van der Waals surface area contributed by atoms with Gasteiger partial charge in [0.2, 0.25) is 0 Å². The lowest BCUT2D eigenvalue weighted by Crippen LogP contribution is -2.17. The Hall–Kier alpha value is -0.870. The molecule has 2 heterocycles. The van der Waals surface area contributed by atoms with Crippen LogP contribution >= 0.6 is 7.92 Å². The van der Waals surface area contributed by atoms with Gasteiger partial charge in [0.1, 0.15) is 0 Å². The molecule has 1 heteroatoms. The summed E-state index contributed by atoms with van der Waals surface area (Å²) in [5, 5.41) is 1.65. The molecule has 0 aliphatic carbocycles. The molecule has 2 aliphatic rings. The van der Waals surface area contributed by atoms with Crippen LogP contribution < -0.4 is 0 Å². The lowest BCUT2D eigenvalue weighted by Gasteiger charge is -2.28. The molecule has 0 saturated heterocycles. The molecule has 0 amide bonds. The highest BCUT2D eigenvalue weighted by molar-refractivity contribution is 7.66. The molecule has 0 aromatic heterocycles. The van der Waals surface area contributed by atoms with Crippen LogP contribution in [-0.4, -0.2) is 6.16 Å². The van der Waals surface area contributed by atoms with E-state index in [9.17, 15) is 0 Å². The third-order valence-electron chi connectivity index (χ3n) is 4.11. The Bertz CT molecular complexity index is 495. The van der Waals surface area contributed by atoms with Crippen LogP contribution in [0.1, 0.15) is 26.3 Å². The van der Waals surface area contributed by atoms with Crippen molar-refractivity contribution in [3.05, 3.63) is 52.6 Å². The van der Waals surface area contributed by atoms with Gasteiger partial charge in [-0.1, -0.05) is 56.6 Å². The van der Waals surface area contributed by atoms with Crippen molar-refractivity contribution in [2.45, 2.75) is 20.8 Å². The molecule has 2 atom stereocenters. The number of hydrogen-bond acceptors (Lipinski definition) is 0. The van der Waals surface area contributed by atoms with Gasteiger partial charge in [0.25, 0.3) is 0 Å². The summed E-state index contributed by atoms with van der Waals surface area (Å²) in [4.78, 5) is 0. The lowest BCUT2D eigenvalue weighted by atomic mass is 9.75. The van der Waals surface area contributed by atoms with Crippen molar-refractivity contribution in [3.63, 3.8) is 0 Å². The van der Waals surface area contributed by atoms with E-state index in [1.165, 1.54) is 11.7 Å². The molecular weight excluding hydrogens is 211 g/mol. The average Bonchev–Trinajstić information content (AvgIpc) is 2.69. The summed E-state index contributed by atoms with van der Waals surface area (Å²) in [5.74, 6) is 2.52. The predicted octanol–water partition coefficient (Wildman–Crippen LogP) is 4.84. The van der Waals surface area contributed by atoms with E-state index < -0.39 is 0 Å². The van der Waals surface area contributed by atoms with Crippen molar-refractivity contribution >= 4 is 13.5 Å². The van der Waals surface area contributed by atoms with E-state index in [0.29, 0.717) is 5.41 Å². The molecule has 0 saturated carbocycles. The first-order valence-electron chi connectivity index (χ1n) is 5.85. The summed E-state index contributed by atoms with van der Waals surface area (Å²) in [5.41, 5.74) is 4.96. The maximum absolute atomic E-state index is 2.52. The van der Waals surface area contributed by atoms with Crippen molar-refractivity contribution in [1.29, 1.82) is 0 Å². The van der Waals surface area contributed by atoms with Crippen molar-refractivity contribution in [2.75, 3.05) is 6.16 Å². The highest BCUT2D eigenvalue weighted by Crippen LogP contribution is 2.71. The SMILES string of the molecule is CC1=CP2CC1(C)C(c1ccccc1)=C2C. The molecule has 0 fully saturated rings. The Morgan fingerprint density at radius 2 is 1.81 bits per heavy atom. The van der Waals surface area contributed by atoms with Crippen LogP contribution in [0, 0.1) is 5.41 Å². The number of benzene rings is 1. The Morgan fingerprint density at radius 3 is 2.44 bits per heavy atom. The number of allylic oxidation sites excluding steroid dienone is 3. The molecule has 2 unspecified atom stereocenters. The van der Waals surface area contributed by atoms with Gasteiger partial charge in [-0.05, 0) is 36.5 Å². The monoisotopic (exact) mass is 228 g/mol. The second-order valence-corrected chi connectivity index (χ2v) is 7.28. The van der Waals surface area contributed by atoms with Gasteiger partial charge < -0.3 is 0 Å².